The summed E-state index contributed by atoms with van der Waals surface area (Å²) in [6.07, 6.45) is 4.33. The summed E-state index contributed by atoms with van der Waals surface area (Å²) in [5.41, 5.74) is 0.553. The van der Waals surface area contributed by atoms with E-state index in [0.717, 1.165) is 13.1 Å². The van der Waals surface area contributed by atoms with Gasteiger partial charge in [-0.15, -0.1) is 0 Å². The molecule has 1 atom stereocenters. The Kier molecular flexibility index (Phi) is 4.35. The van der Waals surface area contributed by atoms with Gasteiger partial charge in [-0.25, -0.2) is 0 Å². The molecule has 2 heterocycles. The van der Waals surface area contributed by atoms with Crippen LogP contribution >= 0.6 is 0 Å². The third-order valence-electron chi connectivity index (χ3n) is 4.61. The molecule has 3 nitrogen and oxygen atoms in total. The van der Waals surface area contributed by atoms with Crippen LogP contribution in [0.15, 0.2) is 0 Å². The number of morpholine rings is 1. The largest absolute Gasteiger partial charge is 0.370 e. The summed E-state index contributed by atoms with van der Waals surface area (Å²) < 4.78 is 6.01. The van der Waals surface area contributed by atoms with Crippen LogP contribution in [-0.4, -0.2) is 49.3 Å². The average Bonchev–Trinajstić information content (AvgIpc) is 2.27. The number of hydrogen-bond donors (Lipinski definition) is 1. The van der Waals surface area contributed by atoms with Crippen LogP contribution in [0.5, 0.6) is 0 Å². The monoisotopic (exact) mass is 254 g/mol. The van der Waals surface area contributed by atoms with Gasteiger partial charge in [0.25, 0.3) is 0 Å². The predicted octanol–water partition coefficient (Wildman–Crippen LogP) is 2.27. The van der Waals surface area contributed by atoms with Crippen LogP contribution in [0.2, 0.25) is 0 Å². The maximum atomic E-state index is 6.01. The van der Waals surface area contributed by atoms with E-state index in [1.165, 1.54) is 38.9 Å². The Bertz CT molecular complexity index is 272. The molecule has 2 aliphatic heterocycles. The van der Waals surface area contributed by atoms with Gasteiger partial charge in [0.2, 0.25) is 0 Å². The first kappa shape index (κ1) is 14.3. The highest BCUT2D eigenvalue weighted by molar-refractivity contribution is 4.90. The predicted molar refractivity (Wildman–Crippen MR) is 75.9 cm³/mol. The topological polar surface area (TPSA) is 24.5 Å². The zero-order chi connectivity index (χ0) is 13.2. The molecule has 2 rings (SSSR count). The van der Waals surface area contributed by atoms with E-state index in [2.05, 4.69) is 37.9 Å². The van der Waals surface area contributed by atoms with Crippen LogP contribution in [0.3, 0.4) is 0 Å². The van der Waals surface area contributed by atoms with Gasteiger partial charge in [-0.1, -0.05) is 6.92 Å². The van der Waals surface area contributed by atoms with Crippen molar-refractivity contribution in [2.75, 3.05) is 32.7 Å². The third kappa shape index (κ3) is 3.46. The van der Waals surface area contributed by atoms with Crippen molar-refractivity contribution in [1.29, 1.82) is 0 Å². The van der Waals surface area contributed by atoms with Crippen molar-refractivity contribution < 1.29 is 4.74 Å². The number of piperidine rings is 1. The Morgan fingerprint density at radius 3 is 2.50 bits per heavy atom. The van der Waals surface area contributed by atoms with Gasteiger partial charge in [-0.05, 0) is 58.5 Å². The summed E-state index contributed by atoms with van der Waals surface area (Å²) in [5, 5.41) is 3.49. The molecular weight excluding hydrogens is 224 g/mol. The molecular formula is C15H30N2O. The molecule has 0 aromatic heterocycles. The van der Waals surface area contributed by atoms with Crippen molar-refractivity contribution in [2.24, 2.45) is 5.41 Å². The molecule has 18 heavy (non-hydrogen) atoms. The molecule has 0 amide bonds. The summed E-state index contributed by atoms with van der Waals surface area (Å²) in [4.78, 5) is 2.64. The standard InChI is InChI=1S/C15H30N2O/c1-5-15(6-8-16-9-7-15)12-17-10-13(2)18-14(3,4)11-17/h13,16H,5-12H2,1-4H3. The quantitative estimate of drug-likeness (QED) is 0.836. The lowest BCUT2D eigenvalue weighted by atomic mass is 9.76. The van der Waals surface area contributed by atoms with Crippen molar-refractivity contribution in [1.82, 2.24) is 10.2 Å². The van der Waals surface area contributed by atoms with E-state index in [1.54, 1.807) is 0 Å². The molecule has 0 aliphatic carbocycles. The van der Waals surface area contributed by atoms with Crippen LogP contribution in [0.4, 0.5) is 0 Å². The molecule has 2 aliphatic rings. The number of nitrogens with one attached hydrogen (secondary N) is 1. The van der Waals surface area contributed by atoms with Crippen LogP contribution in [0.1, 0.15) is 47.0 Å². The van der Waals surface area contributed by atoms with E-state index in [-0.39, 0.29) is 5.60 Å². The average molecular weight is 254 g/mol. The minimum absolute atomic E-state index is 0.0134. The molecule has 2 saturated heterocycles. The molecule has 0 radical (unpaired) electrons. The van der Waals surface area contributed by atoms with Crippen molar-refractivity contribution in [3.05, 3.63) is 0 Å². The molecule has 0 bridgehead atoms. The van der Waals surface area contributed by atoms with Crippen molar-refractivity contribution in [2.45, 2.75) is 58.7 Å². The van der Waals surface area contributed by atoms with Gasteiger partial charge in [0, 0.05) is 19.6 Å². The number of rotatable bonds is 3. The molecule has 3 heteroatoms. The Hall–Kier alpha value is -0.120. The molecule has 0 saturated carbocycles. The highest BCUT2D eigenvalue weighted by atomic mass is 16.5. The molecule has 0 aromatic rings. The first-order valence-electron chi connectivity index (χ1n) is 7.56. The zero-order valence-electron chi connectivity index (χ0n) is 12.6. The molecule has 0 aromatic carbocycles. The van der Waals surface area contributed by atoms with E-state index < -0.39 is 0 Å². The summed E-state index contributed by atoms with van der Waals surface area (Å²) >= 11 is 0. The normalized spacial score (nSPS) is 32.3. The summed E-state index contributed by atoms with van der Waals surface area (Å²) in [6.45, 7) is 14.8. The van der Waals surface area contributed by atoms with E-state index >= 15 is 0 Å². The Morgan fingerprint density at radius 2 is 1.94 bits per heavy atom. The highest BCUT2D eigenvalue weighted by Crippen LogP contribution is 2.35. The summed E-state index contributed by atoms with van der Waals surface area (Å²) in [6, 6.07) is 0. The first-order valence-corrected chi connectivity index (χ1v) is 7.56. The van der Waals surface area contributed by atoms with Crippen LogP contribution < -0.4 is 5.32 Å². The molecule has 0 spiro atoms. The van der Waals surface area contributed by atoms with Crippen molar-refractivity contribution in [3.8, 4) is 0 Å². The Balaban J connectivity index is 1.98. The number of hydrogen-bond acceptors (Lipinski definition) is 3. The van der Waals surface area contributed by atoms with Gasteiger partial charge in [0.1, 0.15) is 0 Å². The van der Waals surface area contributed by atoms with E-state index in [9.17, 15) is 0 Å². The highest BCUT2D eigenvalue weighted by Gasteiger charge is 2.37. The van der Waals surface area contributed by atoms with E-state index in [4.69, 9.17) is 4.74 Å². The van der Waals surface area contributed by atoms with Crippen LogP contribution in [0, 0.1) is 5.41 Å². The van der Waals surface area contributed by atoms with E-state index in [1.807, 2.05) is 0 Å². The number of nitrogens with zero attached hydrogens (tertiary/aromatic N) is 1. The molecule has 2 fully saturated rings. The lowest BCUT2D eigenvalue weighted by molar-refractivity contribution is -0.136. The smallest absolute Gasteiger partial charge is 0.0757 e. The fourth-order valence-corrected chi connectivity index (χ4v) is 3.76. The molecule has 1 unspecified atom stereocenters. The second-order valence-electron chi connectivity index (χ2n) is 6.96. The minimum atomic E-state index is 0.0134. The van der Waals surface area contributed by atoms with Crippen LogP contribution in [0.25, 0.3) is 0 Å². The summed E-state index contributed by atoms with van der Waals surface area (Å²) in [5.74, 6) is 0. The third-order valence-corrected chi connectivity index (χ3v) is 4.61. The maximum Gasteiger partial charge on any atom is 0.0757 e. The maximum absolute atomic E-state index is 6.01. The SMILES string of the molecule is CCC1(CN2CC(C)OC(C)(C)C2)CCNCC1. The summed E-state index contributed by atoms with van der Waals surface area (Å²) in [7, 11) is 0. The van der Waals surface area contributed by atoms with E-state index in [0.29, 0.717) is 11.5 Å². The second-order valence-corrected chi connectivity index (χ2v) is 6.96. The zero-order valence-corrected chi connectivity index (χ0v) is 12.6. The van der Waals surface area contributed by atoms with Gasteiger partial charge in [0.15, 0.2) is 0 Å². The number of ether oxygens (including phenoxy) is 1. The van der Waals surface area contributed by atoms with Crippen molar-refractivity contribution in [3.63, 3.8) is 0 Å². The Labute approximate surface area is 112 Å². The molecule has 106 valence electrons. The minimum Gasteiger partial charge on any atom is -0.370 e. The second kappa shape index (κ2) is 5.48. The van der Waals surface area contributed by atoms with Gasteiger partial charge in [0.05, 0.1) is 11.7 Å². The lowest BCUT2D eigenvalue weighted by Gasteiger charge is -2.47. The first-order chi connectivity index (χ1) is 8.45. The fourth-order valence-electron chi connectivity index (χ4n) is 3.76. The van der Waals surface area contributed by atoms with Gasteiger partial charge < -0.3 is 10.1 Å². The van der Waals surface area contributed by atoms with Gasteiger partial charge in [-0.2, -0.15) is 0 Å². The Morgan fingerprint density at radius 1 is 1.28 bits per heavy atom. The van der Waals surface area contributed by atoms with Crippen LogP contribution in [-0.2, 0) is 4.74 Å². The lowest BCUT2D eigenvalue weighted by Crippen LogP contribution is -2.55. The van der Waals surface area contributed by atoms with Gasteiger partial charge in [-0.3, -0.25) is 4.90 Å². The van der Waals surface area contributed by atoms with Crippen molar-refractivity contribution >= 4 is 0 Å². The fraction of sp³-hybridized carbons (Fsp3) is 1.00. The molecule has 1 N–H and O–H groups in total. The van der Waals surface area contributed by atoms with Gasteiger partial charge >= 0.3 is 0 Å².